The van der Waals surface area contributed by atoms with Gasteiger partial charge in [0.25, 0.3) is 0 Å². The van der Waals surface area contributed by atoms with E-state index in [0.29, 0.717) is 24.3 Å². The molecule has 7 heteroatoms. The standard InChI is InChI=1S/C14H22N2O3S2/c1-3-4-8-19-9-7-16-21(17,18)13-6-5-12(14(15)20)10-11(13)2/h5-6,10,16H,3-4,7-9H2,1-2H3,(H2,15,20). The summed E-state index contributed by atoms with van der Waals surface area (Å²) in [5.74, 6) is 0. The number of ether oxygens (including phenoxy) is 1. The van der Waals surface area contributed by atoms with Gasteiger partial charge in [0.1, 0.15) is 4.99 Å². The van der Waals surface area contributed by atoms with Crippen LogP contribution in [0.1, 0.15) is 30.9 Å². The molecule has 0 bridgehead atoms. The first-order chi connectivity index (χ1) is 9.88. The number of unbranched alkanes of at least 4 members (excludes halogenated alkanes) is 1. The number of nitrogens with two attached hydrogens (primary N) is 1. The summed E-state index contributed by atoms with van der Waals surface area (Å²) in [4.78, 5) is 0.482. The molecule has 21 heavy (non-hydrogen) atoms. The van der Waals surface area contributed by atoms with E-state index in [9.17, 15) is 8.42 Å². The lowest BCUT2D eigenvalue weighted by molar-refractivity contribution is 0.136. The fourth-order valence-corrected chi connectivity index (χ4v) is 3.14. The second-order valence-electron chi connectivity index (χ2n) is 4.71. The lowest BCUT2D eigenvalue weighted by Crippen LogP contribution is -2.28. The molecule has 0 aliphatic carbocycles. The minimum absolute atomic E-state index is 0.232. The molecule has 0 amide bonds. The van der Waals surface area contributed by atoms with Crippen LogP contribution in [-0.2, 0) is 14.8 Å². The summed E-state index contributed by atoms with van der Waals surface area (Å²) >= 11 is 4.88. The topological polar surface area (TPSA) is 81.4 Å². The summed E-state index contributed by atoms with van der Waals surface area (Å²) in [7, 11) is -3.54. The molecule has 0 radical (unpaired) electrons. The summed E-state index contributed by atoms with van der Waals surface area (Å²) in [6, 6.07) is 4.81. The number of sulfonamides is 1. The van der Waals surface area contributed by atoms with Crippen molar-refractivity contribution < 1.29 is 13.2 Å². The average molecular weight is 330 g/mol. The van der Waals surface area contributed by atoms with E-state index < -0.39 is 10.0 Å². The zero-order valence-electron chi connectivity index (χ0n) is 12.4. The number of nitrogens with one attached hydrogen (secondary N) is 1. The van der Waals surface area contributed by atoms with Crippen LogP contribution in [-0.4, -0.2) is 33.2 Å². The minimum atomic E-state index is -3.54. The van der Waals surface area contributed by atoms with Gasteiger partial charge in [-0.25, -0.2) is 13.1 Å². The summed E-state index contributed by atoms with van der Waals surface area (Å²) in [6.45, 7) is 5.06. The molecule has 0 aliphatic heterocycles. The minimum Gasteiger partial charge on any atom is -0.389 e. The molecule has 0 spiro atoms. The van der Waals surface area contributed by atoms with E-state index in [1.165, 1.54) is 6.07 Å². The summed E-state index contributed by atoms with van der Waals surface area (Å²) in [6.07, 6.45) is 2.03. The van der Waals surface area contributed by atoms with E-state index in [1.54, 1.807) is 19.1 Å². The second kappa shape index (κ2) is 8.43. The molecule has 3 N–H and O–H groups in total. The van der Waals surface area contributed by atoms with Crippen molar-refractivity contribution in [3.63, 3.8) is 0 Å². The van der Waals surface area contributed by atoms with Crippen molar-refractivity contribution in [3.8, 4) is 0 Å². The number of thiocarbonyl (C=S) groups is 1. The first kappa shape index (κ1) is 18.0. The average Bonchev–Trinajstić information content (AvgIpc) is 2.42. The first-order valence-corrected chi connectivity index (χ1v) is 8.75. The Morgan fingerprint density at radius 2 is 2.10 bits per heavy atom. The molecule has 0 aromatic heterocycles. The van der Waals surface area contributed by atoms with E-state index in [-0.39, 0.29) is 16.4 Å². The Morgan fingerprint density at radius 1 is 1.38 bits per heavy atom. The smallest absolute Gasteiger partial charge is 0.240 e. The molecular weight excluding hydrogens is 308 g/mol. The van der Waals surface area contributed by atoms with Gasteiger partial charge >= 0.3 is 0 Å². The Kier molecular flexibility index (Phi) is 7.24. The number of hydrogen-bond acceptors (Lipinski definition) is 4. The van der Waals surface area contributed by atoms with Crippen molar-refractivity contribution >= 4 is 27.2 Å². The van der Waals surface area contributed by atoms with E-state index >= 15 is 0 Å². The molecule has 1 aromatic carbocycles. The van der Waals surface area contributed by atoms with Gasteiger partial charge in [0.15, 0.2) is 0 Å². The van der Waals surface area contributed by atoms with E-state index in [4.69, 9.17) is 22.7 Å². The number of hydrogen-bond donors (Lipinski definition) is 2. The van der Waals surface area contributed by atoms with Crippen LogP contribution in [0, 0.1) is 6.92 Å². The third-order valence-corrected chi connectivity index (χ3v) is 4.79. The number of rotatable bonds is 9. The molecule has 1 aromatic rings. The summed E-state index contributed by atoms with van der Waals surface area (Å²) < 4.78 is 32.2. The number of benzene rings is 1. The Hall–Kier alpha value is -1.02. The Labute approximate surface area is 131 Å². The molecule has 1 rings (SSSR count). The molecule has 0 atom stereocenters. The fourth-order valence-electron chi connectivity index (χ4n) is 1.78. The maximum Gasteiger partial charge on any atom is 0.240 e. The molecule has 0 fully saturated rings. The van der Waals surface area contributed by atoms with Gasteiger partial charge in [-0.2, -0.15) is 0 Å². The van der Waals surface area contributed by atoms with Crippen LogP contribution in [0.4, 0.5) is 0 Å². The SMILES string of the molecule is CCCCOCCNS(=O)(=O)c1ccc(C(N)=S)cc1C. The molecule has 0 saturated heterocycles. The van der Waals surface area contributed by atoms with Crippen molar-refractivity contribution in [3.05, 3.63) is 29.3 Å². The third-order valence-electron chi connectivity index (χ3n) is 2.93. The van der Waals surface area contributed by atoms with Crippen molar-refractivity contribution in [2.45, 2.75) is 31.6 Å². The molecule has 0 aliphatic rings. The van der Waals surface area contributed by atoms with Gasteiger partial charge in [0.05, 0.1) is 11.5 Å². The van der Waals surface area contributed by atoms with Gasteiger partial charge in [-0.1, -0.05) is 31.6 Å². The predicted molar refractivity (Wildman–Crippen MR) is 88.0 cm³/mol. The van der Waals surface area contributed by atoms with Crippen LogP contribution in [0.15, 0.2) is 23.1 Å². The fraction of sp³-hybridized carbons (Fsp3) is 0.500. The van der Waals surface area contributed by atoms with Gasteiger partial charge in [0, 0.05) is 18.7 Å². The summed E-state index contributed by atoms with van der Waals surface area (Å²) in [5, 5.41) is 0. The van der Waals surface area contributed by atoms with Crippen LogP contribution < -0.4 is 10.5 Å². The highest BCUT2D eigenvalue weighted by atomic mass is 32.2. The van der Waals surface area contributed by atoms with Gasteiger partial charge in [-0.15, -0.1) is 0 Å². The van der Waals surface area contributed by atoms with E-state index in [0.717, 1.165) is 12.8 Å². The lowest BCUT2D eigenvalue weighted by Gasteiger charge is -2.10. The molecule has 118 valence electrons. The molecule has 0 saturated carbocycles. The van der Waals surface area contributed by atoms with Crippen LogP contribution in [0.3, 0.4) is 0 Å². The van der Waals surface area contributed by atoms with Crippen LogP contribution in [0.25, 0.3) is 0 Å². The maximum absolute atomic E-state index is 12.2. The van der Waals surface area contributed by atoms with Crippen molar-refractivity contribution in [2.75, 3.05) is 19.8 Å². The number of aryl methyl sites for hydroxylation is 1. The molecule has 0 heterocycles. The van der Waals surface area contributed by atoms with Crippen molar-refractivity contribution in [1.29, 1.82) is 0 Å². The van der Waals surface area contributed by atoms with E-state index in [2.05, 4.69) is 11.6 Å². The van der Waals surface area contributed by atoms with Gasteiger partial charge in [0.2, 0.25) is 10.0 Å². The zero-order chi connectivity index (χ0) is 15.9. The Balaban J connectivity index is 2.64. The molecular formula is C14H22N2O3S2. The Morgan fingerprint density at radius 3 is 2.67 bits per heavy atom. The van der Waals surface area contributed by atoms with Gasteiger partial charge in [-0.3, -0.25) is 0 Å². The van der Waals surface area contributed by atoms with Crippen LogP contribution in [0.5, 0.6) is 0 Å². The van der Waals surface area contributed by atoms with E-state index in [1.807, 2.05) is 0 Å². The largest absolute Gasteiger partial charge is 0.389 e. The third kappa shape index (κ3) is 5.70. The first-order valence-electron chi connectivity index (χ1n) is 6.86. The van der Waals surface area contributed by atoms with Crippen LogP contribution >= 0.6 is 12.2 Å². The predicted octanol–water partition coefficient (Wildman–Crippen LogP) is 1.72. The Bertz CT molecular complexity index is 586. The molecule has 0 unspecified atom stereocenters. The van der Waals surface area contributed by atoms with Crippen molar-refractivity contribution in [1.82, 2.24) is 4.72 Å². The molecule has 5 nitrogen and oxygen atoms in total. The monoisotopic (exact) mass is 330 g/mol. The van der Waals surface area contributed by atoms with Crippen LogP contribution in [0.2, 0.25) is 0 Å². The summed E-state index contributed by atoms with van der Waals surface area (Å²) in [5.41, 5.74) is 6.80. The maximum atomic E-state index is 12.2. The van der Waals surface area contributed by atoms with Gasteiger partial charge < -0.3 is 10.5 Å². The quantitative estimate of drug-likeness (QED) is 0.532. The normalized spacial score (nSPS) is 11.5. The van der Waals surface area contributed by atoms with Crippen molar-refractivity contribution in [2.24, 2.45) is 5.73 Å². The second-order valence-corrected chi connectivity index (χ2v) is 6.88. The highest BCUT2D eigenvalue weighted by molar-refractivity contribution is 7.89. The zero-order valence-corrected chi connectivity index (χ0v) is 14.0. The van der Waals surface area contributed by atoms with Gasteiger partial charge in [-0.05, 0) is 31.0 Å². The lowest BCUT2D eigenvalue weighted by atomic mass is 10.1. The highest BCUT2D eigenvalue weighted by Gasteiger charge is 2.16. The highest BCUT2D eigenvalue weighted by Crippen LogP contribution is 2.16.